The Hall–Kier alpha value is -0.160. The van der Waals surface area contributed by atoms with Crippen LogP contribution in [0.2, 0.25) is 0 Å². The molecule has 0 aromatic heterocycles. The summed E-state index contributed by atoms with van der Waals surface area (Å²) in [6, 6.07) is 0.428. The topological polar surface area (TPSA) is 41.7 Å². The van der Waals surface area contributed by atoms with E-state index in [9.17, 15) is 0 Å². The summed E-state index contributed by atoms with van der Waals surface area (Å²) in [6.07, 6.45) is 2.34. The van der Waals surface area contributed by atoms with Crippen LogP contribution in [-0.4, -0.2) is 68.3 Å². The highest BCUT2D eigenvalue weighted by Crippen LogP contribution is 2.28. The second-order valence-corrected chi connectivity index (χ2v) is 5.28. The van der Waals surface area contributed by atoms with E-state index in [-0.39, 0.29) is 5.54 Å². The molecule has 0 aromatic carbocycles. The van der Waals surface area contributed by atoms with Gasteiger partial charge in [-0.15, -0.1) is 0 Å². The van der Waals surface area contributed by atoms with Gasteiger partial charge in [0.05, 0.1) is 6.61 Å². The first-order valence-electron chi connectivity index (χ1n) is 6.74. The lowest BCUT2D eigenvalue weighted by Gasteiger charge is -2.49. The maximum absolute atomic E-state index is 6.06. The Morgan fingerprint density at radius 1 is 1.41 bits per heavy atom. The van der Waals surface area contributed by atoms with Crippen LogP contribution in [0.4, 0.5) is 0 Å². The lowest BCUT2D eigenvalue weighted by Crippen LogP contribution is -2.60. The summed E-state index contributed by atoms with van der Waals surface area (Å²) in [7, 11) is 3.96. The molecular formula is C13H29N3O. The highest BCUT2D eigenvalue weighted by Gasteiger charge is 2.38. The fraction of sp³-hybridized carbons (Fsp3) is 1.00. The van der Waals surface area contributed by atoms with Crippen molar-refractivity contribution in [2.75, 3.05) is 46.9 Å². The zero-order valence-electron chi connectivity index (χ0n) is 11.9. The molecule has 102 valence electrons. The Morgan fingerprint density at radius 2 is 2.00 bits per heavy atom. The van der Waals surface area contributed by atoms with Crippen LogP contribution in [0.25, 0.3) is 0 Å². The van der Waals surface area contributed by atoms with Gasteiger partial charge in [0, 0.05) is 25.2 Å². The van der Waals surface area contributed by atoms with Gasteiger partial charge >= 0.3 is 0 Å². The van der Waals surface area contributed by atoms with Crippen molar-refractivity contribution in [3.8, 4) is 0 Å². The van der Waals surface area contributed by atoms with Crippen molar-refractivity contribution in [3.05, 3.63) is 0 Å². The molecule has 4 heteroatoms. The van der Waals surface area contributed by atoms with Crippen molar-refractivity contribution in [2.24, 2.45) is 5.73 Å². The maximum atomic E-state index is 6.06. The SMILES string of the molecule is CCN1CCC(CN)(N(C)C(C)COC)CC1. The lowest BCUT2D eigenvalue weighted by atomic mass is 9.85. The van der Waals surface area contributed by atoms with E-state index in [0.717, 1.165) is 32.8 Å². The number of hydrogen-bond donors (Lipinski definition) is 1. The first kappa shape index (κ1) is 14.9. The number of hydrogen-bond acceptors (Lipinski definition) is 4. The van der Waals surface area contributed by atoms with E-state index in [0.29, 0.717) is 6.04 Å². The number of ether oxygens (including phenoxy) is 1. The highest BCUT2D eigenvalue weighted by molar-refractivity contribution is 4.96. The minimum Gasteiger partial charge on any atom is -0.383 e. The zero-order valence-corrected chi connectivity index (χ0v) is 11.9. The molecule has 0 aliphatic carbocycles. The lowest BCUT2D eigenvalue weighted by molar-refractivity contribution is -0.00149. The van der Waals surface area contributed by atoms with E-state index in [4.69, 9.17) is 10.5 Å². The Balaban J connectivity index is 2.63. The molecule has 1 aliphatic rings. The summed E-state index contributed by atoms with van der Waals surface area (Å²) < 4.78 is 5.25. The monoisotopic (exact) mass is 243 g/mol. The Bertz CT molecular complexity index is 215. The quantitative estimate of drug-likeness (QED) is 0.748. The molecule has 1 rings (SSSR count). The normalized spacial score (nSPS) is 22.9. The molecule has 0 bridgehead atoms. The highest BCUT2D eigenvalue weighted by atomic mass is 16.5. The van der Waals surface area contributed by atoms with Crippen molar-refractivity contribution in [1.29, 1.82) is 0 Å². The van der Waals surface area contributed by atoms with Crippen molar-refractivity contribution in [2.45, 2.75) is 38.3 Å². The number of rotatable bonds is 6. The first-order chi connectivity index (χ1) is 8.09. The van der Waals surface area contributed by atoms with E-state index in [1.807, 2.05) is 0 Å². The van der Waals surface area contributed by atoms with Crippen molar-refractivity contribution in [1.82, 2.24) is 9.80 Å². The molecule has 1 aliphatic heterocycles. The van der Waals surface area contributed by atoms with Gasteiger partial charge in [0.1, 0.15) is 0 Å². The smallest absolute Gasteiger partial charge is 0.0615 e. The summed E-state index contributed by atoms with van der Waals surface area (Å²) in [6.45, 7) is 9.44. The van der Waals surface area contributed by atoms with Crippen LogP contribution in [0.1, 0.15) is 26.7 Å². The van der Waals surface area contributed by atoms with E-state index in [2.05, 4.69) is 30.7 Å². The first-order valence-corrected chi connectivity index (χ1v) is 6.74. The van der Waals surface area contributed by atoms with Gasteiger partial charge in [-0.2, -0.15) is 0 Å². The fourth-order valence-electron chi connectivity index (χ4n) is 2.81. The predicted octanol–water partition coefficient (Wildman–Crippen LogP) is 0.766. The third kappa shape index (κ3) is 3.41. The van der Waals surface area contributed by atoms with Crippen LogP contribution in [0.3, 0.4) is 0 Å². The molecule has 1 unspecified atom stereocenters. The Morgan fingerprint density at radius 3 is 2.41 bits per heavy atom. The van der Waals surface area contributed by atoms with Gasteiger partial charge < -0.3 is 15.4 Å². The molecule has 0 spiro atoms. The molecule has 1 fully saturated rings. The van der Waals surface area contributed by atoms with Crippen molar-refractivity contribution >= 4 is 0 Å². The molecule has 1 heterocycles. The third-order valence-corrected chi connectivity index (χ3v) is 4.43. The molecule has 0 aromatic rings. The molecule has 17 heavy (non-hydrogen) atoms. The van der Waals surface area contributed by atoms with E-state index < -0.39 is 0 Å². The van der Waals surface area contributed by atoms with E-state index >= 15 is 0 Å². The Labute approximate surface area is 106 Å². The Kier molecular flexibility index (Phi) is 5.86. The number of nitrogens with zero attached hydrogens (tertiary/aromatic N) is 2. The third-order valence-electron chi connectivity index (χ3n) is 4.43. The number of piperidine rings is 1. The second-order valence-electron chi connectivity index (χ2n) is 5.28. The summed E-state index contributed by atoms with van der Waals surface area (Å²) in [5.41, 5.74) is 6.23. The van der Waals surface area contributed by atoms with Gasteiger partial charge in [-0.05, 0) is 46.4 Å². The van der Waals surface area contributed by atoms with Crippen LogP contribution >= 0.6 is 0 Å². The molecule has 1 saturated heterocycles. The minimum absolute atomic E-state index is 0.170. The standard InChI is InChI=1S/C13H29N3O/c1-5-16-8-6-13(11-14,7-9-16)15(3)12(2)10-17-4/h12H,5-11,14H2,1-4H3. The zero-order chi connectivity index (χ0) is 12.9. The summed E-state index contributed by atoms with van der Waals surface area (Å²) in [5, 5.41) is 0. The number of likely N-dealkylation sites (tertiary alicyclic amines) is 1. The van der Waals surface area contributed by atoms with E-state index in [1.165, 1.54) is 12.8 Å². The van der Waals surface area contributed by atoms with Crippen LogP contribution in [-0.2, 0) is 4.74 Å². The average molecular weight is 243 g/mol. The number of methoxy groups -OCH3 is 1. The summed E-state index contributed by atoms with van der Waals surface area (Å²) in [4.78, 5) is 4.94. The molecule has 0 saturated carbocycles. The molecule has 2 N–H and O–H groups in total. The summed E-state index contributed by atoms with van der Waals surface area (Å²) in [5.74, 6) is 0. The number of likely N-dealkylation sites (N-methyl/N-ethyl adjacent to an activating group) is 1. The molecule has 0 radical (unpaired) electrons. The van der Waals surface area contributed by atoms with Gasteiger partial charge in [-0.3, -0.25) is 4.90 Å². The van der Waals surface area contributed by atoms with Crippen LogP contribution in [0.5, 0.6) is 0 Å². The fourth-order valence-corrected chi connectivity index (χ4v) is 2.81. The van der Waals surface area contributed by atoms with Crippen molar-refractivity contribution < 1.29 is 4.74 Å². The maximum Gasteiger partial charge on any atom is 0.0615 e. The largest absolute Gasteiger partial charge is 0.383 e. The van der Waals surface area contributed by atoms with Gasteiger partial charge in [-0.1, -0.05) is 6.92 Å². The van der Waals surface area contributed by atoms with Crippen molar-refractivity contribution in [3.63, 3.8) is 0 Å². The van der Waals surface area contributed by atoms with Gasteiger partial charge in [0.2, 0.25) is 0 Å². The van der Waals surface area contributed by atoms with Crippen LogP contribution in [0, 0.1) is 0 Å². The van der Waals surface area contributed by atoms with E-state index in [1.54, 1.807) is 7.11 Å². The van der Waals surface area contributed by atoms with Crippen LogP contribution < -0.4 is 5.73 Å². The molecule has 1 atom stereocenters. The predicted molar refractivity (Wildman–Crippen MR) is 72.2 cm³/mol. The molecule has 4 nitrogen and oxygen atoms in total. The average Bonchev–Trinajstić information content (AvgIpc) is 2.38. The molecule has 0 amide bonds. The van der Waals surface area contributed by atoms with Gasteiger partial charge in [0.25, 0.3) is 0 Å². The second kappa shape index (κ2) is 6.69. The van der Waals surface area contributed by atoms with Gasteiger partial charge in [0.15, 0.2) is 0 Å². The van der Waals surface area contributed by atoms with Crippen LogP contribution in [0.15, 0.2) is 0 Å². The minimum atomic E-state index is 0.170. The summed E-state index contributed by atoms with van der Waals surface area (Å²) >= 11 is 0. The number of nitrogens with two attached hydrogens (primary N) is 1. The molecular weight excluding hydrogens is 214 g/mol. The van der Waals surface area contributed by atoms with Gasteiger partial charge in [-0.25, -0.2) is 0 Å².